The van der Waals surface area contributed by atoms with E-state index < -0.39 is 15.6 Å². The summed E-state index contributed by atoms with van der Waals surface area (Å²) in [5.74, 6) is -0.881. The van der Waals surface area contributed by atoms with Gasteiger partial charge in [0.15, 0.2) is 15.6 Å². The van der Waals surface area contributed by atoms with Gasteiger partial charge in [0.2, 0.25) is 0 Å². The molecule has 0 saturated heterocycles. The van der Waals surface area contributed by atoms with Crippen molar-refractivity contribution >= 4 is 38.8 Å². The zero-order valence-electron chi connectivity index (χ0n) is 11.5. The molecule has 0 atom stereocenters. The number of phenols is 1. The van der Waals surface area contributed by atoms with Crippen LogP contribution in [0.25, 0.3) is 0 Å². The highest BCUT2D eigenvalue weighted by Crippen LogP contribution is 2.32. The van der Waals surface area contributed by atoms with E-state index in [1.807, 2.05) is 0 Å². The first-order valence-electron chi connectivity index (χ1n) is 6.32. The van der Waals surface area contributed by atoms with Crippen LogP contribution in [0.4, 0.5) is 0 Å². The molecule has 0 spiro atoms. The number of hydrogen-bond donors (Lipinski definition) is 1. The Morgan fingerprint density at radius 2 is 1.73 bits per heavy atom. The maximum atomic E-state index is 12.4. The maximum Gasteiger partial charge on any atom is 0.196 e. The molecule has 1 N–H and O–H groups in total. The number of hydrogen-bond acceptors (Lipinski definition) is 4. The topological polar surface area (TPSA) is 71.4 Å². The van der Waals surface area contributed by atoms with Crippen molar-refractivity contribution in [2.75, 3.05) is 5.75 Å². The van der Waals surface area contributed by atoms with Crippen LogP contribution in [0.2, 0.25) is 10.0 Å². The van der Waals surface area contributed by atoms with Gasteiger partial charge in [0.1, 0.15) is 5.75 Å². The molecular weight excluding hydrogens is 347 g/mol. The van der Waals surface area contributed by atoms with Gasteiger partial charge >= 0.3 is 0 Å². The standard InChI is InChI=1S/C15H12Cl2O4S/c1-2-22(20,21)11-5-3-9(4-6-11)14(18)12-7-10(16)8-13(17)15(12)19/h3-8,19H,2H2,1H3. The summed E-state index contributed by atoms with van der Waals surface area (Å²) in [7, 11) is -3.33. The van der Waals surface area contributed by atoms with Crippen LogP contribution in [0.5, 0.6) is 5.75 Å². The molecule has 0 aromatic heterocycles. The Kier molecular flexibility index (Phi) is 4.80. The SMILES string of the molecule is CCS(=O)(=O)c1ccc(C(=O)c2cc(Cl)cc(Cl)c2O)cc1. The predicted octanol–water partition coefficient (Wildman–Crippen LogP) is 3.72. The van der Waals surface area contributed by atoms with E-state index in [0.29, 0.717) is 0 Å². The molecule has 2 aromatic carbocycles. The monoisotopic (exact) mass is 358 g/mol. The third-order valence-corrected chi connectivity index (χ3v) is 5.39. The number of sulfone groups is 1. The molecule has 22 heavy (non-hydrogen) atoms. The van der Waals surface area contributed by atoms with Crippen LogP contribution in [0.15, 0.2) is 41.3 Å². The van der Waals surface area contributed by atoms with Crippen molar-refractivity contribution in [3.63, 3.8) is 0 Å². The predicted molar refractivity (Wildman–Crippen MR) is 85.7 cm³/mol. The second kappa shape index (κ2) is 6.28. The maximum absolute atomic E-state index is 12.4. The van der Waals surface area contributed by atoms with Crippen LogP contribution >= 0.6 is 23.2 Å². The zero-order valence-corrected chi connectivity index (χ0v) is 13.8. The lowest BCUT2D eigenvalue weighted by atomic mass is 10.0. The van der Waals surface area contributed by atoms with Crippen molar-refractivity contribution in [1.29, 1.82) is 0 Å². The Morgan fingerprint density at radius 1 is 1.14 bits per heavy atom. The lowest BCUT2D eigenvalue weighted by Crippen LogP contribution is -2.06. The van der Waals surface area contributed by atoms with Crippen molar-refractivity contribution in [2.45, 2.75) is 11.8 Å². The van der Waals surface area contributed by atoms with Gasteiger partial charge in [0, 0.05) is 10.6 Å². The Balaban J connectivity index is 2.43. The van der Waals surface area contributed by atoms with E-state index >= 15 is 0 Å². The molecule has 4 nitrogen and oxygen atoms in total. The van der Waals surface area contributed by atoms with E-state index in [9.17, 15) is 18.3 Å². The van der Waals surface area contributed by atoms with E-state index in [0.717, 1.165) is 0 Å². The summed E-state index contributed by atoms with van der Waals surface area (Å²) in [5, 5.41) is 10.1. The third-order valence-electron chi connectivity index (χ3n) is 3.13. The van der Waals surface area contributed by atoms with E-state index in [1.165, 1.54) is 36.4 Å². The highest BCUT2D eigenvalue weighted by atomic mass is 35.5. The average Bonchev–Trinajstić information content (AvgIpc) is 2.50. The van der Waals surface area contributed by atoms with Crippen molar-refractivity contribution in [3.05, 3.63) is 57.6 Å². The molecule has 0 unspecified atom stereocenters. The highest BCUT2D eigenvalue weighted by Gasteiger charge is 2.18. The molecule has 0 bridgehead atoms. The molecule has 0 aliphatic rings. The summed E-state index contributed by atoms with van der Waals surface area (Å²) in [5.41, 5.74) is 0.187. The van der Waals surface area contributed by atoms with E-state index in [2.05, 4.69) is 0 Å². The Morgan fingerprint density at radius 3 is 2.27 bits per heavy atom. The third kappa shape index (κ3) is 3.27. The molecule has 0 fully saturated rings. The van der Waals surface area contributed by atoms with Crippen molar-refractivity contribution in [1.82, 2.24) is 0 Å². The Hall–Kier alpha value is -1.56. The zero-order chi connectivity index (χ0) is 16.5. The second-order valence-corrected chi connectivity index (χ2v) is 7.66. The van der Waals surface area contributed by atoms with Gasteiger partial charge in [-0.05, 0) is 36.4 Å². The molecule has 0 amide bonds. The fourth-order valence-corrected chi connectivity index (χ4v) is 3.25. The molecule has 116 valence electrons. The number of halogens is 2. The first-order chi connectivity index (χ1) is 10.3. The highest BCUT2D eigenvalue weighted by molar-refractivity contribution is 7.91. The summed E-state index contributed by atoms with van der Waals surface area (Å²) in [4.78, 5) is 12.5. The second-order valence-electron chi connectivity index (χ2n) is 4.54. The van der Waals surface area contributed by atoms with Gasteiger partial charge in [-0.1, -0.05) is 30.1 Å². The Bertz CT molecular complexity index is 827. The van der Waals surface area contributed by atoms with Crippen LogP contribution in [0.1, 0.15) is 22.8 Å². The summed E-state index contributed by atoms with van der Waals surface area (Å²) in [6.07, 6.45) is 0. The number of phenolic OH excluding ortho intramolecular Hbond substituents is 1. The van der Waals surface area contributed by atoms with Crippen molar-refractivity contribution in [2.24, 2.45) is 0 Å². The number of ketones is 1. The normalized spacial score (nSPS) is 11.4. The molecule has 0 aliphatic carbocycles. The minimum absolute atomic E-state index is 0.0228. The van der Waals surface area contributed by atoms with Gasteiger partial charge in [-0.2, -0.15) is 0 Å². The number of benzene rings is 2. The molecule has 0 aliphatic heterocycles. The van der Waals surface area contributed by atoms with Gasteiger partial charge in [-0.3, -0.25) is 4.79 Å². The number of aromatic hydroxyl groups is 1. The van der Waals surface area contributed by atoms with Crippen LogP contribution in [-0.2, 0) is 9.84 Å². The van der Waals surface area contributed by atoms with Gasteiger partial charge in [-0.25, -0.2) is 8.42 Å². The molecule has 0 radical (unpaired) electrons. The fourth-order valence-electron chi connectivity index (χ4n) is 1.87. The number of carbonyl (C=O) groups excluding carboxylic acids is 1. The summed E-state index contributed by atoms with van der Waals surface area (Å²) in [6, 6.07) is 8.12. The van der Waals surface area contributed by atoms with E-state index in [-0.39, 0.29) is 37.6 Å². The fraction of sp³-hybridized carbons (Fsp3) is 0.133. The minimum Gasteiger partial charge on any atom is -0.506 e. The molecule has 2 aromatic rings. The van der Waals surface area contributed by atoms with Crippen molar-refractivity contribution < 1.29 is 18.3 Å². The van der Waals surface area contributed by atoms with Crippen LogP contribution < -0.4 is 0 Å². The van der Waals surface area contributed by atoms with Crippen molar-refractivity contribution in [3.8, 4) is 5.75 Å². The number of rotatable bonds is 4. The minimum atomic E-state index is -3.33. The quantitative estimate of drug-likeness (QED) is 0.845. The summed E-state index contributed by atoms with van der Waals surface area (Å²) < 4.78 is 23.5. The van der Waals surface area contributed by atoms with Gasteiger partial charge in [-0.15, -0.1) is 0 Å². The van der Waals surface area contributed by atoms with Crippen LogP contribution in [0.3, 0.4) is 0 Å². The van der Waals surface area contributed by atoms with Gasteiger partial charge in [0.25, 0.3) is 0 Å². The largest absolute Gasteiger partial charge is 0.506 e. The molecule has 2 rings (SSSR count). The average molecular weight is 359 g/mol. The molecule has 7 heteroatoms. The Labute approximate surface area is 138 Å². The van der Waals surface area contributed by atoms with Gasteiger partial charge in [0.05, 0.1) is 21.2 Å². The van der Waals surface area contributed by atoms with Crippen LogP contribution in [0, 0.1) is 0 Å². The van der Waals surface area contributed by atoms with E-state index in [1.54, 1.807) is 6.92 Å². The van der Waals surface area contributed by atoms with E-state index in [4.69, 9.17) is 23.2 Å². The first-order valence-corrected chi connectivity index (χ1v) is 8.72. The lowest BCUT2D eigenvalue weighted by Gasteiger charge is -2.07. The van der Waals surface area contributed by atoms with Crippen LogP contribution in [-0.4, -0.2) is 25.1 Å². The molecule has 0 heterocycles. The summed E-state index contributed by atoms with van der Waals surface area (Å²) >= 11 is 11.6. The number of carbonyl (C=O) groups is 1. The molecular formula is C15H12Cl2O4S. The first kappa shape index (κ1) is 16.8. The lowest BCUT2D eigenvalue weighted by molar-refractivity contribution is 0.103. The molecule has 0 saturated carbocycles. The smallest absolute Gasteiger partial charge is 0.196 e. The van der Waals surface area contributed by atoms with Gasteiger partial charge < -0.3 is 5.11 Å². The summed E-state index contributed by atoms with van der Waals surface area (Å²) in [6.45, 7) is 1.54.